The number of hydrogen-bond acceptors (Lipinski definition) is 9. The Bertz CT molecular complexity index is 1080. The van der Waals surface area contributed by atoms with E-state index in [9.17, 15) is 24.8 Å². The van der Waals surface area contributed by atoms with E-state index in [-0.39, 0.29) is 24.8 Å². The first-order valence-corrected chi connectivity index (χ1v) is 12.0. The summed E-state index contributed by atoms with van der Waals surface area (Å²) in [4.78, 5) is 18.8. The molecule has 3 rings (SSSR count). The van der Waals surface area contributed by atoms with Crippen LogP contribution in [-0.4, -0.2) is 68.6 Å². The summed E-state index contributed by atoms with van der Waals surface area (Å²) in [5.74, 6) is 0. The third-order valence-corrected chi connectivity index (χ3v) is 8.46. The van der Waals surface area contributed by atoms with Crippen LogP contribution in [0.4, 0.5) is 0 Å². The fraction of sp³-hybridized carbons (Fsp3) is 0.737. The van der Waals surface area contributed by atoms with Crippen molar-refractivity contribution in [2.45, 2.75) is 82.4 Å². The number of aliphatic hydroxyl groups is 3. The molecule has 0 spiro atoms. The summed E-state index contributed by atoms with van der Waals surface area (Å²) in [6, 6.07) is 0. The minimum Gasteiger partial charge on any atom is -0.388 e. The maximum absolute atomic E-state index is 12.8. The number of ether oxygens (including phenoxy) is 1. The zero-order chi connectivity index (χ0) is 24.1. The summed E-state index contributed by atoms with van der Waals surface area (Å²) >= 11 is 0. The lowest BCUT2D eigenvalue weighted by Gasteiger charge is -2.37. The average molecular weight is 473 g/mol. The van der Waals surface area contributed by atoms with Gasteiger partial charge in [-0.3, -0.25) is 14.5 Å². The molecule has 2 aromatic rings. The predicted molar refractivity (Wildman–Crippen MR) is 113 cm³/mol. The smallest absolute Gasteiger partial charge is 0.359 e. The number of aliphatic hydroxyl groups excluding tert-OH is 2. The molecule has 32 heavy (non-hydrogen) atoms. The third kappa shape index (κ3) is 4.28. The van der Waals surface area contributed by atoms with E-state index >= 15 is 0 Å². The van der Waals surface area contributed by atoms with Crippen LogP contribution in [0.2, 0.25) is 0 Å². The van der Waals surface area contributed by atoms with Crippen LogP contribution in [0.15, 0.2) is 12.7 Å². The molecule has 5 atom stereocenters. The van der Waals surface area contributed by atoms with Gasteiger partial charge in [-0.2, -0.15) is 0 Å². The second kappa shape index (κ2) is 8.60. The quantitative estimate of drug-likeness (QED) is 0.346. The number of rotatable bonds is 8. The van der Waals surface area contributed by atoms with Crippen molar-refractivity contribution in [2.24, 2.45) is 7.05 Å². The molecule has 12 nitrogen and oxygen atoms in total. The standard InChI is InChI=1S/C19H32N5O7P/c1-6-19(27,7-2)32(28,29)31-18(3,4)8-11-13(25)14(26)17(30-11)24-10-21-12-15(20)23(5)9-22-16(12)24/h9-11,13-14,17,20,25-27H,6-8H2,1-5H3,(H,28,29). The van der Waals surface area contributed by atoms with Crippen LogP contribution in [0.3, 0.4) is 0 Å². The monoisotopic (exact) mass is 473 g/mol. The van der Waals surface area contributed by atoms with Crippen LogP contribution in [0.5, 0.6) is 0 Å². The molecule has 5 unspecified atom stereocenters. The molecule has 1 saturated heterocycles. The van der Waals surface area contributed by atoms with Crippen molar-refractivity contribution >= 4 is 18.8 Å². The molecule has 1 aliphatic rings. The average Bonchev–Trinajstić information content (AvgIpc) is 3.25. The van der Waals surface area contributed by atoms with E-state index in [1.54, 1.807) is 34.7 Å². The van der Waals surface area contributed by atoms with Crippen molar-refractivity contribution in [1.29, 1.82) is 5.41 Å². The van der Waals surface area contributed by atoms with E-state index in [4.69, 9.17) is 14.7 Å². The van der Waals surface area contributed by atoms with E-state index in [1.807, 2.05) is 0 Å². The number of aryl methyl sites for hydroxylation is 1. The van der Waals surface area contributed by atoms with Crippen LogP contribution < -0.4 is 5.49 Å². The first-order valence-electron chi connectivity index (χ1n) is 10.5. The molecule has 5 N–H and O–H groups in total. The molecule has 0 radical (unpaired) electrons. The number of imidazole rings is 1. The van der Waals surface area contributed by atoms with Gasteiger partial charge in [0.15, 0.2) is 22.7 Å². The fourth-order valence-electron chi connectivity index (χ4n) is 3.92. The van der Waals surface area contributed by atoms with E-state index < -0.39 is 43.1 Å². The Balaban J connectivity index is 1.82. The minimum absolute atomic E-state index is 0.0332. The van der Waals surface area contributed by atoms with Crippen molar-refractivity contribution in [2.75, 3.05) is 0 Å². The zero-order valence-electron chi connectivity index (χ0n) is 18.8. The molecule has 1 fully saturated rings. The van der Waals surface area contributed by atoms with Gasteiger partial charge in [0.1, 0.15) is 17.7 Å². The Labute approximate surface area is 185 Å². The van der Waals surface area contributed by atoms with E-state index in [2.05, 4.69) is 9.97 Å². The summed E-state index contributed by atoms with van der Waals surface area (Å²) in [6.07, 6.45) is -1.75. The van der Waals surface area contributed by atoms with Gasteiger partial charge < -0.3 is 34.0 Å². The maximum atomic E-state index is 12.8. The summed E-state index contributed by atoms with van der Waals surface area (Å²) in [6.45, 7) is 6.30. The topological polar surface area (TPSA) is 176 Å². The highest BCUT2D eigenvalue weighted by atomic mass is 31.2. The highest BCUT2D eigenvalue weighted by Gasteiger charge is 2.51. The van der Waals surface area contributed by atoms with Crippen molar-refractivity contribution in [3.8, 4) is 0 Å². The molecular formula is C19H32N5O7P. The number of aromatic nitrogens is 4. The first-order chi connectivity index (χ1) is 14.8. The van der Waals surface area contributed by atoms with Gasteiger partial charge in [-0.15, -0.1) is 0 Å². The van der Waals surface area contributed by atoms with Gasteiger partial charge in [0.25, 0.3) is 0 Å². The molecule has 1 aliphatic heterocycles. The largest absolute Gasteiger partial charge is 0.388 e. The number of nitrogens with one attached hydrogen (secondary N) is 1. The van der Waals surface area contributed by atoms with E-state index in [1.165, 1.54) is 21.8 Å². The van der Waals surface area contributed by atoms with Crippen molar-refractivity contribution < 1.29 is 34.0 Å². The molecule has 0 aromatic carbocycles. The SMILES string of the molecule is CCC(O)(CC)P(=O)(O)OC(C)(C)CC1OC(n2cnc3c(=N)n(C)cnc32)C(O)C1O. The normalized spacial score (nSPS) is 26.5. The summed E-state index contributed by atoms with van der Waals surface area (Å²) in [7, 11) is -2.77. The van der Waals surface area contributed by atoms with Crippen LogP contribution >= 0.6 is 7.60 Å². The molecule has 13 heteroatoms. The molecule has 3 heterocycles. The second-order valence-electron chi connectivity index (χ2n) is 8.84. The van der Waals surface area contributed by atoms with Gasteiger partial charge in [-0.05, 0) is 26.7 Å². The lowest BCUT2D eigenvalue weighted by Crippen LogP contribution is -2.39. The molecule has 0 amide bonds. The lowest BCUT2D eigenvalue weighted by molar-refractivity contribution is -0.0642. The van der Waals surface area contributed by atoms with Crippen molar-refractivity contribution in [1.82, 2.24) is 19.1 Å². The Morgan fingerprint density at radius 3 is 2.44 bits per heavy atom. The van der Waals surface area contributed by atoms with Gasteiger partial charge in [-0.1, -0.05) is 13.8 Å². The highest BCUT2D eigenvalue weighted by Crippen LogP contribution is 2.60. The number of nitrogens with zero attached hydrogens (tertiary/aromatic N) is 4. The van der Waals surface area contributed by atoms with Gasteiger partial charge in [0.05, 0.1) is 24.4 Å². The Morgan fingerprint density at radius 1 is 1.22 bits per heavy atom. The van der Waals surface area contributed by atoms with Crippen molar-refractivity contribution in [3.63, 3.8) is 0 Å². The molecule has 0 bridgehead atoms. The Hall–Kier alpha value is -1.66. The van der Waals surface area contributed by atoms with E-state index in [0.717, 1.165) is 0 Å². The lowest BCUT2D eigenvalue weighted by atomic mass is 9.97. The van der Waals surface area contributed by atoms with E-state index in [0.29, 0.717) is 11.2 Å². The van der Waals surface area contributed by atoms with Crippen LogP contribution in [0.1, 0.15) is 53.2 Å². The minimum atomic E-state index is -4.43. The summed E-state index contributed by atoms with van der Waals surface area (Å²) < 4.78 is 27.1. The molecular weight excluding hydrogens is 441 g/mol. The zero-order valence-corrected chi connectivity index (χ0v) is 19.7. The molecule has 0 aliphatic carbocycles. The molecule has 0 saturated carbocycles. The first kappa shape index (κ1) is 25.0. The summed E-state index contributed by atoms with van der Waals surface area (Å²) in [5.41, 5.74) is -0.505. The number of hydrogen-bond donors (Lipinski definition) is 5. The van der Waals surface area contributed by atoms with Gasteiger partial charge in [0, 0.05) is 13.5 Å². The van der Waals surface area contributed by atoms with Gasteiger partial charge in [0.2, 0.25) is 0 Å². The predicted octanol–water partition coefficient (Wildman–Crippen LogP) is 0.748. The Morgan fingerprint density at radius 2 is 1.84 bits per heavy atom. The number of fused-ring (bicyclic) bond motifs is 1. The van der Waals surface area contributed by atoms with Crippen molar-refractivity contribution in [3.05, 3.63) is 18.1 Å². The maximum Gasteiger partial charge on any atom is 0.359 e. The second-order valence-corrected chi connectivity index (χ2v) is 10.9. The van der Waals surface area contributed by atoms with Crippen LogP contribution in [-0.2, 0) is 20.9 Å². The molecule has 2 aromatic heterocycles. The van der Waals surface area contributed by atoms with Gasteiger partial charge >= 0.3 is 7.60 Å². The molecule has 180 valence electrons. The highest BCUT2D eigenvalue weighted by molar-refractivity contribution is 7.54. The van der Waals surface area contributed by atoms with Crippen LogP contribution in [0.25, 0.3) is 11.2 Å². The van der Waals surface area contributed by atoms with Gasteiger partial charge in [-0.25, -0.2) is 9.97 Å². The third-order valence-electron chi connectivity index (χ3n) is 6.03. The Kier molecular flexibility index (Phi) is 6.71. The van der Waals surface area contributed by atoms with Crippen LogP contribution in [0, 0.1) is 5.41 Å². The fourth-order valence-corrected chi connectivity index (χ4v) is 5.63. The summed E-state index contributed by atoms with van der Waals surface area (Å²) in [5, 5.41) is 37.9.